The second-order valence-corrected chi connectivity index (χ2v) is 9.21. The summed E-state index contributed by atoms with van der Waals surface area (Å²) in [5.41, 5.74) is 2.33. The van der Waals surface area contributed by atoms with Crippen LogP contribution in [0.1, 0.15) is 88.3 Å². The molecule has 0 aliphatic heterocycles. The third-order valence-electron chi connectivity index (χ3n) is 6.18. The predicted octanol–water partition coefficient (Wildman–Crippen LogP) is 4.41. The molecule has 1 atom stereocenters. The summed E-state index contributed by atoms with van der Waals surface area (Å²) >= 11 is 0. The van der Waals surface area contributed by atoms with E-state index in [0.29, 0.717) is 12.1 Å². The quantitative estimate of drug-likeness (QED) is 0.855. The van der Waals surface area contributed by atoms with Crippen molar-refractivity contribution in [1.29, 1.82) is 0 Å². The third-order valence-corrected chi connectivity index (χ3v) is 6.18. The summed E-state index contributed by atoms with van der Waals surface area (Å²) in [6, 6.07) is 8.14. The Bertz CT molecular complexity index is 957. The van der Waals surface area contributed by atoms with Crippen molar-refractivity contribution in [1.82, 2.24) is 9.55 Å². The minimum absolute atomic E-state index is 0.0419. The zero-order valence-corrected chi connectivity index (χ0v) is 17.1. The second kappa shape index (κ2) is 7.26. The van der Waals surface area contributed by atoms with E-state index < -0.39 is 0 Å². The molecule has 0 spiro atoms. The minimum Gasteiger partial charge on any atom is -0.484 e. The van der Waals surface area contributed by atoms with E-state index in [1.807, 2.05) is 12.1 Å². The van der Waals surface area contributed by atoms with Crippen molar-refractivity contribution >= 4 is 0 Å². The lowest BCUT2D eigenvalue weighted by molar-refractivity contribution is 0.202. The molecule has 1 unspecified atom stereocenters. The molecule has 5 heteroatoms. The summed E-state index contributed by atoms with van der Waals surface area (Å²) in [5.74, 6) is 0.767. The average molecular weight is 383 g/mol. The summed E-state index contributed by atoms with van der Waals surface area (Å²) in [6.45, 7) is 6.54. The SMILES string of the molecule is CC(C)(C)c1ccc(OC2CCc3c2[nH]c(=O)n(C2CCCCC2)c3=O)cc1. The fourth-order valence-corrected chi connectivity index (χ4v) is 4.53. The minimum atomic E-state index is -0.283. The van der Waals surface area contributed by atoms with E-state index >= 15 is 0 Å². The molecule has 1 fully saturated rings. The molecular weight excluding hydrogens is 352 g/mol. The highest BCUT2D eigenvalue weighted by Crippen LogP contribution is 2.33. The number of nitrogens with zero attached hydrogens (tertiary/aromatic N) is 1. The number of fused-ring (bicyclic) bond motifs is 1. The maximum atomic E-state index is 13.0. The molecule has 2 aromatic rings. The Labute approximate surface area is 165 Å². The van der Waals surface area contributed by atoms with Crippen LogP contribution in [0.25, 0.3) is 0 Å². The maximum Gasteiger partial charge on any atom is 0.328 e. The first-order valence-corrected chi connectivity index (χ1v) is 10.5. The van der Waals surface area contributed by atoms with Gasteiger partial charge in [0.2, 0.25) is 0 Å². The summed E-state index contributed by atoms with van der Waals surface area (Å²) < 4.78 is 7.62. The van der Waals surface area contributed by atoms with Crippen LogP contribution < -0.4 is 16.0 Å². The standard InChI is InChI=1S/C23H30N2O3/c1-23(2,3)15-9-11-17(12-10-15)28-19-14-13-18-20(19)24-22(27)25(21(18)26)16-7-5-4-6-8-16/h9-12,16,19H,4-8,13-14H2,1-3H3,(H,24,27). The number of benzene rings is 1. The van der Waals surface area contributed by atoms with Crippen LogP contribution in [-0.4, -0.2) is 9.55 Å². The number of H-pyrrole nitrogens is 1. The number of hydrogen-bond donors (Lipinski definition) is 1. The van der Waals surface area contributed by atoms with Crippen molar-refractivity contribution in [3.8, 4) is 5.75 Å². The molecule has 1 aromatic carbocycles. The maximum absolute atomic E-state index is 13.0. The topological polar surface area (TPSA) is 64.1 Å². The highest BCUT2D eigenvalue weighted by Gasteiger charge is 2.31. The largest absolute Gasteiger partial charge is 0.484 e. The molecule has 4 rings (SSSR count). The Morgan fingerprint density at radius 3 is 2.32 bits per heavy atom. The fourth-order valence-electron chi connectivity index (χ4n) is 4.53. The van der Waals surface area contributed by atoms with Crippen LogP contribution in [0, 0.1) is 0 Å². The first kappa shape index (κ1) is 19.0. The van der Waals surface area contributed by atoms with Gasteiger partial charge in [0, 0.05) is 11.6 Å². The molecule has 0 bridgehead atoms. The predicted molar refractivity (Wildman–Crippen MR) is 110 cm³/mol. The molecule has 150 valence electrons. The molecule has 1 heterocycles. The van der Waals surface area contributed by atoms with E-state index in [1.54, 1.807) is 0 Å². The van der Waals surface area contributed by atoms with Gasteiger partial charge in [0.25, 0.3) is 5.56 Å². The zero-order valence-electron chi connectivity index (χ0n) is 17.1. The third kappa shape index (κ3) is 3.54. The van der Waals surface area contributed by atoms with Gasteiger partial charge in [-0.3, -0.25) is 9.36 Å². The molecule has 1 saturated carbocycles. The number of aromatic amines is 1. The van der Waals surface area contributed by atoms with Gasteiger partial charge >= 0.3 is 5.69 Å². The molecule has 2 aliphatic carbocycles. The lowest BCUT2D eigenvalue weighted by atomic mass is 9.87. The van der Waals surface area contributed by atoms with Crippen molar-refractivity contribution < 1.29 is 4.74 Å². The van der Waals surface area contributed by atoms with E-state index in [4.69, 9.17) is 4.74 Å². The highest BCUT2D eigenvalue weighted by atomic mass is 16.5. The van der Waals surface area contributed by atoms with Gasteiger partial charge in [-0.05, 0) is 48.8 Å². The van der Waals surface area contributed by atoms with Gasteiger partial charge in [-0.25, -0.2) is 4.79 Å². The van der Waals surface area contributed by atoms with Gasteiger partial charge in [0.15, 0.2) is 0 Å². The first-order chi connectivity index (χ1) is 13.3. The lowest BCUT2D eigenvalue weighted by Crippen LogP contribution is -2.41. The van der Waals surface area contributed by atoms with Crippen LogP contribution in [0.5, 0.6) is 5.75 Å². The molecule has 1 N–H and O–H groups in total. The fraction of sp³-hybridized carbons (Fsp3) is 0.565. The molecule has 0 saturated heterocycles. The van der Waals surface area contributed by atoms with Crippen LogP contribution in [0.3, 0.4) is 0 Å². The van der Waals surface area contributed by atoms with Crippen molar-refractivity contribution in [2.24, 2.45) is 0 Å². The molecule has 5 nitrogen and oxygen atoms in total. The number of aromatic nitrogens is 2. The number of ether oxygens (including phenoxy) is 1. The van der Waals surface area contributed by atoms with Crippen molar-refractivity contribution in [2.45, 2.75) is 83.3 Å². The van der Waals surface area contributed by atoms with Crippen molar-refractivity contribution in [3.05, 3.63) is 61.9 Å². The average Bonchev–Trinajstić information content (AvgIpc) is 3.05. The van der Waals surface area contributed by atoms with Crippen LogP contribution >= 0.6 is 0 Å². The van der Waals surface area contributed by atoms with Crippen molar-refractivity contribution in [2.75, 3.05) is 0 Å². The van der Waals surface area contributed by atoms with Gasteiger partial charge in [-0.15, -0.1) is 0 Å². The van der Waals surface area contributed by atoms with E-state index in [-0.39, 0.29) is 28.8 Å². The van der Waals surface area contributed by atoms with Crippen molar-refractivity contribution in [3.63, 3.8) is 0 Å². The molecule has 2 aliphatic rings. The summed E-state index contributed by atoms with van der Waals surface area (Å²) in [7, 11) is 0. The zero-order chi connectivity index (χ0) is 19.9. The monoisotopic (exact) mass is 382 g/mol. The number of hydrogen-bond acceptors (Lipinski definition) is 3. The van der Waals surface area contributed by atoms with E-state index in [9.17, 15) is 9.59 Å². The molecule has 0 radical (unpaired) electrons. The first-order valence-electron chi connectivity index (χ1n) is 10.5. The van der Waals surface area contributed by atoms with Gasteiger partial charge in [-0.1, -0.05) is 52.2 Å². The van der Waals surface area contributed by atoms with Gasteiger partial charge in [0.1, 0.15) is 11.9 Å². The molecule has 0 amide bonds. The molecule has 1 aromatic heterocycles. The summed E-state index contributed by atoms with van der Waals surface area (Å²) in [5, 5.41) is 0. The van der Waals surface area contributed by atoms with E-state index in [0.717, 1.165) is 43.4 Å². The second-order valence-electron chi connectivity index (χ2n) is 9.21. The molecule has 28 heavy (non-hydrogen) atoms. The van der Waals surface area contributed by atoms with Crippen LogP contribution in [-0.2, 0) is 11.8 Å². The molecular formula is C23H30N2O3. The highest BCUT2D eigenvalue weighted by molar-refractivity contribution is 5.33. The Hall–Kier alpha value is -2.30. The number of rotatable bonds is 3. The van der Waals surface area contributed by atoms with Crippen LogP contribution in [0.4, 0.5) is 0 Å². The van der Waals surface area contributed by atoms with E-state index in [1.165, 1.54) is 16.6 Å². The Kier molecular flexibility index (Phi) is 4.94. The van der Waals surface area contributed by atoms with E-state index in [2.05, 4.69) is 37.9 Å². The van der Waals surface area contributed by atoms with Crippen LogP contribution in [0.2, 0.25) is 0 Å². The van der Waals surface area contributed by atoms with Gasteiger partial charge < -0.3 is 9.72 Å². The Morgan fingerprint density at radius 2 is 1.68 bits per heavy atom. The lowest BCUT2D eigenvalue weighted by Gasteiger charge is -2.24. The summed E-state index contributed by atoms with van der Waals surface area (Å²) in [6.07, 6.45) is 6.31. The normalized spacial score (nSPS) is 20.2. The van der Waals surface area contributed by atoms with Crippen LogP contribution in [0.15, 0.2) is 33.9 Å². The van der Waals surface area contributed by atoms with Gasteiger partial charge in [-0.2, -0.15) is 0 Å². The Morgan fingerprint density at radius 1 is 1.00 bits per heavy atom. The number of nitrogens with one attached hydrogen (secondary N) is 1. The smallest absolute Gasteiger partial charge is 0.328 e. The summed E-state index contributed by atoms with van der Waals surface area (Å²) in [4.78, 5) is 28.7. The van der Waals surface area contributed by atoms with Gasteiger partial charge in [0.05, 0.1) is 5.69 Å². The Balaban J connectivity index is 1.59.